The lowest BCUT2D eigenvalue weighted by atomic mass is 10.2. The van der Waals surface area contributed by atoms with Crippen molar-refractivity contribution in [1.82, 2.24) is 4.98 Å². The van der Waals surface area contributed by atoms with Gasteiger partial charge in [-0.15, -0.1) is 11.3 Å². The summed E-state index contributed by atoms with van der Waals surface area (Å²) >= 11 is 1.44. The van der Waals surface area contributed by atoms with Crippen molar-refractivity contribution in [2.24, 2.45) is 0 Å². The molecule has 0 bridgehead atoms. The first kappa shape index (κ1) is 14.1. The van der Waals surface area contributed by atoms with Crippen LogP contribution in [0.4, 0.5) is 16.5 Å². The van der Waals surface area contributed by atoms with E-state index >= 15 is 0 Å². The van der Waals surface area contributed by atoms with Gasteiger partial charge < -0.3 is 5.32 Å². The average molecular weight is 265 g/mol. The summed E-state index contributed by atoms with van der Waals surface area (Å²) in [5.74, 6) is 0. The third-order valence-electron chi connectivity index (χ3n) is 2.09. The predicted molar refractivity (Wildman–Crippen MR) is 74.6 cm³/mol. The van der Waals surface area contributed by atoms with E-state index in [0.717, 1.165) is 5.13 Å². The number of hydrogen-bond acceptors (Lipinski definition) is 5. The van der Waals surface area contributed by atoms with Gasteiger partial charge in [-0.1, -0.05) is 19.9 Å². The van der Waals surface area contributed by atoms with E-state index in [-0.39, 0.29) is 10.6 Å². The van der Waals surface area contributed by atoms with Crippen molar-refractivity contribution >= 4 is 27.8 Å². The molecule has 0 amide bonds. The Hall–Kier alpha value is -1.95. The van der Waals surface area contributed by atoms with Crippen LogP contribution >= 0.6 is 11.3 Å². The highest BCUT2D eigenvalue weighted by Crippen LogP contribution is 2.25. The minimum atomic E-state index is -0.387. The van der Waals surface area contributed by atoms with Crippen LogP contribution in [-0.2, 0) is 0 Å². The molecular formula is C12H15N3O2S. The highest BCUT2D eigenvalue weighted by Gasteiger charge is 2.11. The summed E-state index contributed by atoms with van der Waals surface area (Å²) in [6.45, 7) is 5.71. The van der Waals surface area contributed by atoms with Gasteiger partial charge >= 0.3 is 0 Å². The molecule has 0 saturated heterocycles. The van der Waals surface area contributed by atoms with Crippen LogP contribution in [0.15, 0.2) is 29.8 Å². The summed E-state index contributed by atoms with van der Waals surface area (Å²) in [5, 5.41) is 16.3. The number of rotatable bonds is 3. The molecule has 1 N–H and O–H groups in total. The van der Waals surface area contributed by atoms with E-state index in [4.69, 9.17) is 0 Å². The van der Waals surface area contributed by atoms with E-state index in [1.54, 1.807) is 25.3 Å². The zero-order chi connectivity index (χ0) is 13.5. The molecule has 18 heavy (non-hydrogen) atoms. The van der Waals surface area contributed by atoms with Gasteiger partial charge in [0.2, 0.25) is 0 Å². The van der Waals surface area contributed by atoms with Crippen LogP contribution in [0.1, 0.15) is 19.4 Å². The van der Waals surface area contributed by atoms with Gasteiger partial charge in [-0.2, -0.15) is 0 Å². The number of anilines is 2. The Morgan fingerprint density at radius 2 is 2.11 bits per heavy atom. The van der Waals surface area contributed by atoms with Gasteiger partial charge in [-0.25, -0.2) is 4.98 Å². The first-order valence-electron chi connectivity index (χ1n) is 5.58. The Morgan fingerprint density at radius 1 is 1.39 bits per heavy atom. The molecule has 0 unspecified atom stereocenters. The normalized spacial score (nSPS) is 9.28. The van der Waals surface area contributed by atoms with Crippen molar-refractivity contribution in [3.8, 4) is 0 Å². The summed E-state index contributed by atoms with van der Waals surface area (Å²) < 4.78 is 0. The van der Waals surface area contributed by atoms with Crippen LogP contribution in [0.3, 0.4) is 0 Å². The summed E-state index contributed by atoms with van der Waals surface area (Å²) in [6.07, 6.45) is 1.68. The maximum atomic E-state index is 10.7. The molecule has 0 spiro atoms. The average Bonchev–Trinajstić information content (AvgIpc) is 2.87. The van der Waals surface area contributed by atoms with Gasteiger partial charge in [0.15, 0.2) is 5.13 Å². The number of nitro benzene ring substituents is 1. The van der Waals surface area contributed by atoms with Crippen molar-refractivity contribution < 1.29 is 4.92 Å². The van der Waals surface area contributed by atoms with E-state index in [1.807, 2.05) is 19.2 Å². The lowest BCUT2D eigenvalue weighted by molar-refractivity contribution is -0.385. The van der Waals surface area contributed by atoms with Crippen LogP contribution in [0.5, 0.6) is 0 Å². The molecule has 6 heteroatoms. The molecule has 2 aromatic rings. The van der Waals surface area contributed by atoms with Crippen molar-refractivity contribution in [3.63, 3.8) is 0 Å². The van der Waals surface area contributed by atoms with E-state index < -0.39 is 0 Å². The van der Waals surface area contributed by atoms with Crippen molar-refractivity contribution in [3.05, 3.63) is 45.5 Å². The molecule has 1 heterocycles. The summed E-state index contributed by atoms with van der Waals surface area (Å²) in [5.41, 5.74) is 1.43. The molecule has 5 nitrogen and oxygen atoms in total. The SMILES string of the molecule is CC.Cc1ccc(Nc2nccs2)cc1[N+](=O)[O-]. The minimum absolute atomic E-state index is 0.113. The first-order chi connectivity index (χ1) is 8.66. The first-order valence-corrected chi connectivity index (χ1v) is 6.46. The number of thiazole rings is 1. The second-order valence-electron chi connectivity index (χ2n) is 3.22. The number of nitrogens with one attached hydrogen (secondary N) is 1. The van der Waals surface area contributed by atoms with Crippen molar-refractivity contribution in [1.29, 1.82) is 0 Å². The second kappa shape index (κ2) is 6.70. The Kier molecular flexibility index (Phi) is 5.26. The summed E-state index contributed by atoms with van der Waals surface area (Å²) in [6, 6.07) is 5.02. The number of nitrogens with zero attached hydrogens (tertiary/aromatic N) is 2. The van der Waals surface area contributed by atoms with Crippen LogP contribution in [0.2, 0.25) is 0 Å². The highest BCUT2D eigenvalue weighted by atomic mass is 32.1. The molecule has 0 radical (unpaired) electrons. The molecule has 1 aromatic heterocycles. The monoisotopic (exact) mass is 265 g/mol. The Morgan fingerprint density at radius 3 is 2.67 bits per heavy atom. The van der Waals surface area contributed by atoms with Crippen LogP contribution in [-0.4, -0.2) is 9.91 Å². The fraction of sp³-hybridized carbons (Fsp3) is 0.250. The predicted octanol–water partition coefficient (Wildman–Crippen LogP) is 4.13. The Balaban J connectivity index is 0.000000771. The fourth-order valence-electron chi connectivity index (χ4n) is 1.29. The standard InChI is InChI=1S/C10H9N3O2S.C2H6/c1-7-2-3-8(6-9(7)13(14)15)12-10-11-4-5-16-10;1-2/h2-6H,1H3,(H,11,12);1-2H3. The zero-order valence-electron chi connectivity index (χ0n) is 10.5. The van der Waals surface area contributed by atoms with E-state index in [1.165, 1.54) is 17.4 Å². The van der Waals surface area contributed by atoms with E-state index in [0.29, 0.717) is 11.3 Å². The molecule has 1 aromatic carbocycles. The maximum Gasteiger partial charge on any atom is 0.274 e. The number of aryl methyl sites for hydroxylation is 1. The van der Waals surface area contributed by atoms with Gasteiger partial charge in [0.05, 0.1) is 4.92 Å². The minimum Gasteiger partial charge on any atom is -0.331 e. The van der Waals surface area contributed by atoms with Gasteiger partial charge in [0.1, 0.15) is 0 Å². The maximum absolute atomic E-state index is 10.7. The topological polar surface area (TPSA) is 68.1 Å². The van der Waals surface area contributed by atoms with Gasteiger partial charge in [0.25, 0.3) is 5.69 Å². The lowest BCUT2D eigenvalue weighted by Gasteiger charge is -2.03. The third-order valence-corrected chi connectivity index (χ3v) is 2.78. The number of benzene rings is 1. The van der Waals surface area contributed by atoms with Gasteiger partial charge in [-0.05, 0) is 13.0 Å². The lowest BCUT2D eigenvalue weighted by Crippen LogP contribution is -1.94. The molecule has 0 aliphatic carbocycles. The van der Waals surface area contributed by atoms with Crippen LogP contribution < -0.4 is 5.32 Å². The molecular weight excluding hydrogens is 250 g/mol. The van der Waals surface area contributed by atoms with Crippen molar-refractivity contribution in [2.45, 2.75) is 20.8 Å². The molecule has 0 atom stereocenters. The van der Waals surface area contributed by atoms with Crippen LogP contribution in [0, 0.1) is 17.0 Å². The summed E-state index contributed by atoms with van der Waals surface area (Å²) in [7, 11) is 0. The largest absolute Gasteiger partial charge is 0.331 e. The Labute approximate surface area is 110 Å². The number of hydrogen-bond donors (Lipinski definition) is 1. The molecule has 0 aliphatic heterocycles. The molecule has 2 rings (SSSR count). The summed E-state index contributed by atoms with van der Waals surface area (Å²) in [4.78, 5) is 14.4. The zero-order valence-corrected chi connectivity index (χ0v) is 11.3. The van der Waals surface area contributed by atoms with Crippen LogP contribution in [0.25, 0.3) is 0 Å². The molecule has 0 saturated carbocycles. The number of aromatic nitrogens is 1. The van der Waals surface area contributed by atoms with E-state index in [2.05, 4.69) is 10.3 Å². The smallest absolute Gasteiger partial charge is 0.274 e. The molecule has 0 aliphatic rings. The fourth-order valence-corrected chi connectivity index (χ4v) is 1.84. The van der Waals surface area contributed by atoms with Gasteiger partial charge in [-0.3, -0.25) is 10.1 Å². The van der Waals surface area contributed by atoms with Gasteiger partial charge in [0, 0.05) is 28.9 Å². The Bertz CT molecular complexity index is 512. The highest BCUT2D eigenvalue weighted by molar-refractivity contribution is 7.13. The molecule has 0 fully saturated rings. The second-order valence-corrected chi connectivity index (χ2v) is 4.12. The van der Waals surface area contributed by atoms with Crippen molar-refractivity contribution in [2.75, 3.05) is 5.32 Å². The number of nitro groups is 1. The molecule has 96 valence electrons. The van der Waals surface area contributed by atoms with E-state index in [9.17, 15) is 10.1 Å². The third kappa shape index (κ3) is 3.53. The quantitative estimate of drug-likeness (QED) is 0.669.